The zero-order valence-electron chi connectivity index (χ0n) is 13.3. The number of benzene rings is 1. The molecular formula is C18H17BrN4O. The molecule has 0 N–H and O–H groups in total. The summed E-state index contributed by atoms with van der Waals surface area (Å²) in [5, 5.41) is 4.26. The highest BCUT2D eigenvalue weighted by atomic mass is 79.9. The van der Waals surface area contributed by atoms with Crippen molar-refractivity contribution in [3.8, 4) is 0 Å². The van der Waals surface area contributed by atoms with Crippen LogP contribution in [0.2, 0.25) is 0 Å². The number of carbonyl (C=O) groups is 1. The van der Waals surface area contributed by atoms with Gasteiger partial charge in [0, 0.05) is 18.9 Å². The molecule has 6 heteroatoms. The second-order valence-corrected chi connectivity index (χ2v) is 7.03. The van der Waals surface area contributed by atoms with Crippen molar-refractivity contribution in [1.29, 1.82) is 0 Å². The van der Waals surface area contributed by atoms with E-state index >= 15 is 0 Å². The van der Waals surface area contributed by atoms with E-state index in [1.165, 1.54) is 11.1 Å². The molecule has 1 aliphatic heterocycles. The maximum Gasteiger partial charge on any atom is 0.259 e. The summed E-state index contributed by atoms with van der Waals surface area (Å²) >= 11 is 3.37. The molecule has 0 radical (unpaired) electrons. The number of rotatable bonds is 2. The topological polar surface area (TPSA) is 50.5 Å². The van der Waals surface area contributed by atoms with Crippen molar-refractivity contribution in [2.75, 3.05) is 6.54 Å². The highest BCUT2D eigenvalue weighted by Crippen LogP contribution is 2.35. The third-order valence-corrected chi connectivity index (χ3v) is 5.03. The molecule has 1 aromatic carbocycles. The summed E-state index contributed by atoms with van der Waals surface area (Å²) in [6.07, 6.45) is 7.13. The monoisotopic (exact) mass is 384 g/mol. The Morgan fingerprint density at radius 1 is 1.29 bits per heavy atom. The van der Waals surface area contributed by atoms with Gasteiger partial charge < -0.3 is 4.90 Å². The number of amides is 1. The number of nitrogens with zero attached hydrogens (tertiary/aromatic N) is 4. The van der Waals surface area contributed by atoms with Crippen LogP contribution >= 0.6 is 15.9 Å². The van der Waals surface area contributed by atoms with Crippen LogP contribution in [0.3, 0.4) is 0 Å². The number of halogens is 1. The molecule has 4 rings (SSSR count). The number of hydrogen-bond donors (Lipinski definition) is 0. The largest absolute Gasteiger partial charge is 0.331 e. The van der Waals surface area contributed by atoms with Crippen molar-refractivity contribution in [3.05, 3.63) is 64.0 Å². The Bertz CT molecular complexity index is 920. The lowest BCUT2D eigenvalue weighted by Gasteiger charge is -2.26. The molecule has 1 amide bonds. The van der Waals surface area contributed by atoms with Gasteiger partial charge in [0.2, 0.25) is 0 Å². The van der Waals surface area contributed by atoms with Crippen molar-refractivity contribution in [1.82, 2.24) is 19.5 Å². The van der Waals surface area contributed by atoms with Crippen molar-refractivity contribution >= 4 is 27.5 Å². The molecular weight excluding hydrogens is 368 g/mol. The number of carbonyl (C=O) groups excluding carboxylic acids is 1. The molecule has 3 heterocycles. The molecule has 3 aromatic rings. The summed E-state index contributed by atoms with van der Waals surface area (Å²) in [7, 11) is 0. The minimum atomic E-state index is 0.00516. The zero-order valence-corrected chi connectivity index (χ0v) is 14.9. The summed E-state index contributed by atoms with van der Waals surface area (Å²) < 4.78 is 2.46. The molecule has 0 aliphatic carbocycles. The van der Waals surface area contributed by atoms with E-state index in [0.29, 0.717) is 11.2 Å². The second kappa shape index (κ2) is 6.02. The maximum atomic E-state index is 13.1. The van der Waals surface area contributed by atoms with E-state index in [-0.39, 0.29) is 11.9 Å². The Labute approximate surface area is 148 Å². The molecule has 1 fully saturated rings. The summed E-state index contributed by atoms with van der Waals surface area (Å²) in [6, 6.07) is 8.43. The lowest BCUT2D eigenvalue weighted by atomic mass is 9.99. The molecule has 1 aliphatic rings. The van der Waals surface area contributed by atoms with Crippen LogP contribution in [-0.2, 0) is 0 Å². The van der Waals surface area contributed by atoms with E-state index in [4.69, 9.17) is 0 Å². The van der Waals surface area contributed by atoms with Crippen molar-refractivity contribution in [2.45, 2.75) is 25.8 Å². The van der Waals surface area contributed by atoms with Gasteiger partial charge in [-0.3, -0.25) is 4.79 Å². The first-order chi connectivity index (χ1) is 11.6. The Morgan fingerprint density at radius 2 is 2.12 bits per heavy atom. The van der Waals surface area contributed by atoms with Crippen molar-refractivity contribution < 1.29 is 4.79 Å². The minimum Gasteiger partial charge on any atom is -0.331 e. The van der Waals surface area contributed by atoms with E-state index in [1.54, 1.807) is 16.9 Å². The normalized spacial score (nSPS) is 17.6. The Morgan fingerprint density at radius 3 is 2.96 bits per heavy atom. The fourth-order valence-corrected chi connectivity index (χ4v) is 3.75. The first-order valence-electron chi connectivity index (χ1n) is 8.00. The van der Waals surface area contributed by atoms with Gasteiger partial charge in [0.15, 0.2) is 5.65 Å². The molecule has 2 aromatic heterocycles. The van der Waals surface area contributed by atoms with E-state index in [9.17, 15) is 4.79 Å². The third kappa shape index (κ3) is 2.51. The van der Waals surface area contributed by atoms with Gasteiger partial charge in [0.25, 0.3) is 5.91 Å². The standard InChI is InChI=1S/C18H17BrN4O/c1-12-5-2-3-6-14(12)16-7-4-8-22(16)18(24)15-10-21-23-11-13(19)9-20-17(15)23/h2-3,5-6,9-11,16H,4,7-8H2,1H3. The average molecular weight is 385 g/mol. The predicted molar refractivity (Wildman–Crippen MR) is 94.9 cm³/mol. The SMILES string of the molecule is Cc1ccccc1C1CCCN1C(=O)c1cnn2cc(Br)cnc12. The molecule has 1 atom stereocenters. The second-order valence-electron chi connectivity index (χ2n) is 6.11. The first-order valence-corrected chi connectivity index (χ1v) is 8.80. The van der Waals surface area contributed by atoms with Gasteiger partial charge in [-0.15, -0.1) is 0 Å². The van der Waals surface area contributed by atoms with Crippen LogP contribution in [0.1, 0.15) is 40.4 Å². The highest BCUT2D eigenvalue weighted by Gasteiger charge is 2.32. The summed E-state index contributed by atoms with van der Waals surface area (Å²) in [5.74, 6) is 0.00516. The van der Waals surface area contributed by atoms with E-state index < -0.39 is 0 Å². The molecule has 122 valence electrons. The van der Waals surface area contributed by atoms with Crippen LogP contribution in [-0.4, -0.2) is 31.9 Å². The fraction of sp³-hybridized carbons (Fsp3) is 0.278. The molecule has 24 heavy (non-hydrogen) atoms. The molecule has 0 saturated carbocycles. The van der Waals surface area contributed by atoms with Crippen LogP contribution < -0.4 is 0 Å². The molecule has 5 nitrogen and oxygen atoms in total. The lowest BCUT2D eigenvalue weighted by molar-refractivity contribution is 0.0737. The lowest BCUT2D eigenvalue weighted by Crippen LogP contribution is -2.30. The number of hydrogen-bond acceptors (Lipinski definition) is 3. The number of likely N-dealkylation sites (tertiary alicyclic amines) is 1. The van der Waals surface area contributed by atoms with Gasteiger partial charge in [-0.05, 0) is 46.8 Å². The van der Waals surface area contributed by atoms with Gasteiger partial charge in [0.1, 0.15) is 5.56 Å². The number of aromatic nitrogens is 3. The molecule has 0 spiro atoms. The number of aryl methyl sites for hydroxylation is 1. The molecule has 0 bridgehead atoms. The van der Waals surface area contributed by atoms with Crippen LogP contribution in [0, 0.1) is 6.92 Å². The van der Waals surface area contributed by atoms with Crippen molar-refractivity contribution in [2.24, 2.45) is 0 Å². The first kappa shape index (κ1) is 15.3. The smallest absolute Gasteiger partial charge is 0.259 e. The van der Waals surface area contributed by atoms with Crippen molar-refractivity contribution in [3.63, 3.8) is 0 Å². The summed E-state index contributed by atoms with van der Waals surface area (Å²) in [6.45, 7) is 2.87. The minimum absolute atomic E-state index is 0.00516. The average Bonchev–Trinajstić information content (AvgIpc) is 3.21. The van der Waals surface area contributed by atoms with E-state index in [1.807, 2.05) is 23.2 Å². The van der Waals surface area contributed by atoms with Crippen LogP contribution in [0.5, 0.6) is 0 Å². The van der Waals surface area contributed by atoms with Gasteiger partial charge in [-0.2, -0.15) is 5.10 Å². The maximum absolute atomic E-state index is 13.1. The van der Waals surface area contributed by atoms with Crippen LogP contribution in [0.4, 0.5) is 0 Å². The van der Waals surface area contributed by atoms with Gasteiger partial charge >= 0.3 is 0 Å². The fourth-order valence-electron chi connectivity index (χ4n) is 3.45. The van der Waals surface area contributed by atoms with E-state index in [0.717, 1.165) is 23.9 Å². The molecule has 1 saturated heterocycles. The van der Waals surface area contributed by atoms with E-state index in [2.05, 4.69) is 45.1 Å². The summed E-state index contributed by atoms with van der Waals surface area (Å²) in [4.78, 5) is 19.4. The summed E-state index contributed by atoms with van der Waals surface area (Å²) in [5.41, 5.74) is 3.61. The Hall–Kier alpha value is -2.21. The predicted octanol–water partition coefficient (Wildman–Crippen LogP) is 3.78. The number of fused-ring (bicyclic) bond motifs is 1. The van der Waals surface area contributed by atoms with Gasteiger partial charge in [-0.25, -0.2) is 9.50 Å². The van der Waals surface area contributed by atoms with Crippen LogP contribution in [0.25, 0.3) is 5.65 Å². The van der Waals surface area contributed by atoms with Crippen LogP contribution in [0.15, 0.2) is 47.3 Å². The Balaban J connectivity index is 1.71. The highest BCUT2D eigenvalue weighted by molar-refractivity contribution is 9.10. The Kier molecular flexibility index (Phi) is 3.84. The molecule has 1 unspecified atom stereocenters. The van der Waals surface area contributed by atoms with Gasteiger partial charge in [-0.1, -0.05) is 24.3 Å². The zero-order chi connectivity index (χ0) is 16.7. The van der Waals surface area contributed by atoms with Gasteiger partial charge in [0.05, 0.1) is 16.7 Å². The quantitative estimate of drug-likeness (QED) is 0.675. The third-order valence-electron chi connectivity index (χ3n) is 4.62.